The first-order valence-electron chi connectivity index (χ1n) is 9.44. The van der Waals surface area contributed by atoms with E-state index in [1.165, 1.54) is 36.0 Å². The van der Waals surface area contributed by atoms with Crippen LogP contribution < -0.4 is 4.90 Å². The van der Waals surface area contributed by atoms with Gasteiger partial charge in [0.25, 0.3) is 0 Å². The highest BCUT2D eigenvalue weighted by Crippen LogP contribution is 2.38. The van der Waals surface area contributed by atoms with E-state index in [2.05, 4.69) is 59.9 Å². The quantitative estimate of drug-likeness (QED) is 0.834. The fourth-order valence-corrected chi connectivity index (χ4v) is 3.77. The van der Waals surface area contributed by atoms with Crippen molar-refractivity contribution in [2.75, 3.05) is 25.0 Å². The SMILES string of the molecule is Cc1ccc(C)c(CN2CCC(N(C)c3ccnc(C4CC4)n3)C2)c1. The van der Waals surface area contributed by atoms with Crippen molar-refractivity contribution < 1.29 is 0 Å². The molecule has 1 aromatic heterocycles. The predicted molar refractivity (Wildman–Crippen MR) is 102 cm³/mol. The summed E-state index contributed by atoms with van der Waals surface area (Å²) in [5.74, 6) is 2.72. The van der Waals surface area contributed by atoms with Gasteiger partial charge < -0.3 is 4.90 Å². The number of nitrogens with zero attached hydrogens (tertiary/aromatic N) is 4. The van der Waals surface area contributed by atoms with Crippen molar-refractivity contribution in [2.45, 2.75) is 51.6 Å². The molecule has 0 N–H and O–H groups in total. The van der Waals surface area contributed by atoms with Gasteiger partial charge in [0.15, 0.2) is 0 Å². The highest BCUT2D eigenvalue weighted by Gasteiger charge is 2.29. The summed E-state index contributed by atoms with van der Waals surface area (Å²) in [6.07, 6.45) is 5.62. The zero-order valence-corrected chi connectivity index (χ0v) is 15.6. The molecule has 1 unspecified atom stereocenters. The molecular formula is C21H28N4. The van der Waals surface area contributed by atoms with E-state index in [0.29, 0.717) is 12.0 Å². The number of rotatable bonds is 5. The van der Waals surface area contributed by atoms with Crippen LogP contribution in [0.15, 0.2) is 30.5 Å². The topological polar surface area (TPSA) is 32.3 Å². The molecule has 1 aromatic carbocycles. The molecule has 0 spiro atoms. The third-order valence-electron chi connectivity index (χ3n) is 5.66. The standard InChI is InChI=1S/C21H28N4/c1-15-4-5-16(2)18(12-15)13-25-11-9-19(14-25)24(3)20-8-10-22-21(23-20)17-6-7-17/h4-5,8,10,12,17,19H,6-7,9,11,13-14H2,1-3H3. The number of aryl methyl sites for hydroxylation is 2. The summed E-state index contributed by atoms with van der Waals surface area (Å²) < 4.78 is 0. The van der Waals surface area contributed by atoms with E-state index in [-0.39, 0.29) is 0 Å². The summed E-state index contributed by atoms with van der Waals surface area (Å²) >= 11 is 0. The summed E-state index contributed by atoms with van der Waals surface area (Å²) in [5, 5.41) is 0. The summed E-state index contributed by atoms with van der Waals surface area (Å²) in [6.45, 7) is 7.70. The predicted octanol–water partition coefficient (Wildman–Crippen LogP) is 3.68. The van der Waals surface area contributed by atoms with Gasteiger partial charge in [0.2, 0.25) is 0 Å². The highest BCUT2D eigenvalue weighted by molar-refractivity contribution is 5.39. The average Bonchev–Trinajstić information content (AvgIpc) is 3.37. The van der Waals surface area contributed by atoms with Crippen LogP contribution in [-0.4, -0.2) is 41.0 Å². The second kappa shape index (κ2) is 6.75. The normalized spacial score (nSPS) is 20.8. The molecule has 0 amide bonds. The van der Waals surface area contributed by atoms with Gasteiger partial charge in [0.05, 0.1) is 0 Å². The van der Waals surface area contributed by atoms with E-state index in [4.69, 9.17) is 4.98 Å². The molecule has 4 rings (SSSR count). The first-order chi connectivity index (χ1) is 12.1. The number of likely N-dealkylation sites (tertiary alicyclic amines) is 1. The Balaban J connectivity index is 1.41. The van der Waals surface area contributed by atoms with E-state index >= 15 is 0 Å². The highest BCUT2D eigenvalue weighted by atomic mass is 15.3. The Morgan fingerprint density at radius 1 is 1.16 bits per heavy atom. The minimum absolute atomic E-state index is 0.534. The zero-order valence-electron chi connectivity index (χ0n) is 15.6. The number of anilines is 1. The number of aromatic nitrogens is 2. The Morgan fingerprint density at radius 2 is 2.00 bits per heavy atom. The fourth-order valence-electron chi connectivity index (χ4n) is 3.77. The van der Waals surface area contributed by atoms with Gasteiger partial charge in [0.1, 0.15) is 11.6 Å². The minimum Gasteiger partial charge on any atom is -0.355 e. The van der Waals surface area contributed by atoms with Crippen molar-refractivity contribution in [2.24, 2.45) is 0 Å². The summed E-state index contributed by atoms with van der Waals surface area (Å²) in [7, 11) is 2.19. The van der Waals surface area contributed by atoms with Gasteiger partial charge in [-0.05, 0) is 50.3 Å². The molecule has 132 valence electrons. The van der Waals surface area contributed by atoms with Crippen molar-refractivity contribution in [1.29, 1.82) is 0 Å². The van der Waals surface area contributed by atoms with Crippen molar-refractivity contribution in [1.82, 2.24) is 14.9 Å². The number of hydrogen-bond acceptors (Lipinski definition) is 4. The lowest BCUT2D eigenvalue weighted by atomic mass is 10.1. The Hall–Kier alpha value is -1.94. The Bertz CT molecular complexity index is 753. The van der Waals surface area contributed by atoms with Crippen LogP contribution in [0.25, 0.3) is 0 Å². The maximum Gasteiger partial charge on any atom is 0.133 e. The van der Waals surface area contributed by atoms with Crippen LogP contribution >= 0.6 is 0 Å². The lowest BCUT2D eigenvalue weighted by molar-refractivity contribution is 0.325. The maximum atomic E-state index is 4.81. The summed E-state index contributed by atoms with van der Waals surface area (Å²) in [4.78, 5) is 14.2. The van der Waals surface area contributed by atoms with Gasteiger partial charge >= 0.3 is 0 Å². The third kappa shape index (κ3) is 3.69. The summed E-state index contributed by atoms with van der Waals surface area (Å²) in [6, 6.07) is 9.36. The summed E-state index contributed by atoms with van der Waals surface area (Å²) in [5.41, 5.74) is 4.20. The number of benzene rings is 1. The first kappa shape index (κ1) is 16.5. The van der Waals surface area contributed by atoms with Crippen molar-refractivity contribution in [3.63, 3.8) is 0 Å². The Kier molecular flexibility index (Phi) is 4.46. The van der Waals surface area contributed by atoms with Crippen molar-refractivity contribution in [3.8, 4) is 0 Å². The average molecular weight is 336 g/mol. The molecule has 2 fully saturated rings. The van der Waals surface area contributed by atoms with Gasteiger partial charge in [0, 0.05) is 44.8 Å². The van der Waals surface area contributed by atoms with Crippen molar-refractivity contribution >= 4 is 5.82 Å². The molecule has 1 saturated carbocycles. The van der Waals surface area contributed by atoms with E-state index < -0.39 is 0 Å². The lowest BCUT2D eigenvalue weighted by Gasteiger charge is -2.26. The molecule has 0 radical (unpaired) electrons. The van der Waals surface area contributed by atoms with Gasteiger partial charge in [-0.2, -0.15) is 0 Å². The molecule has 4 heteroatoms. The third-order valence-corrected chi connectivity index (χ3v) is 5.66. The van der Waals surface area contributed by atoms with Crippen LogP contribution in [-0.2, 0) is 6.54 Å². The van der Waals surface area contributed by atoms with E-state index in [0.717, 1.165) is 31.3 Å². The molecule has 1 saturated heterocycles. The molecule has 1 atom stereocenters. The van der Waals surface area contributed by atoms with E-state index in [1.54, 1.807) is 0 Å². The van der Waals surface area contributed by atoms with Crippen LogP contribution in [0.3, 0.4) is 0 Å². The van der Waals surface area contributed by atoms with Crippen LogP contribution in [0, 0.1) is 13.8 Å². The molecular weight excluding hydrogens is 308 g/mol. The molecule has 1 aliphatic heterocycles. The molecule has 25 heavy (non-hydrogen) atoms. The largest absolute Gasteiger partial charge is 0.355 e. The molecule has 2 aliphatic rings. The van der Waals surface area contributed by atoms with Crippen LogP contribution in [0.1, 0.15) is 47.7 Å². The minimum atomic E-state index is 0.534. The van der Waals surface area contributed by atoms with E-state index in [1.807, 2.05) is 6.20 Å². The first-order valence-corrected chi connectivity index (χ1v) is 9.44. The second-order valence-electron chi connectivity index (χ2n) is 7.77. The second-order valence-corrected chi connectivity index (χ2v) is 7.77. The van der Waals surface area contributed by atoms with Crippen LogP contribution in [0.4, 0.5) is 5.82 Å². The smallest absolute Gasteiger partial charge is 0.133 e. The van der Waals surface area contributed by atoms with E-state index in [9.17, 15) is 0 Å². The van der Waals surface area contributed by atoms with Gasteiger partial charge in [-0.3, -0.25) is 4.90 Å². The van der Waals surface area contributed by atoms with Crippen LogP contribution in [0.2, 0.25) is 0 Å². The maximum absolute atomic E-state index is 4.81. The zero-order chi connectivity index (χ0) is 17.4. The Labute approximate surface area is 150 Å². The van der Waals surface area contributed by atoms with Crippen molar-refractivity contribution in [3.05, 3.63) is 53.0 Å². The molecule has 0 bridgehead atoms. The van der Waals surface area contributed by atoms with Gasteiger partial charge in [-0.1, -0.05) is 23.8 Å². The molecule has 1 aliphatic carbocycles. The number of likely N-dealkylation sites (N-methyl/N-ethyl adjacent to an activating group) is 1. The van der Waals surface area contributed by atoms with Gasteiger partial charge in [-0.25, -0.2) is 9.97 Å². The van der Waals surface area contributed by atoms with Gasteiger partial charge in [-0.15, -0.1) is 0 Å². The molecule has 4 nitrogen and oxygen atoms in total. The molecule has 2 aromatic rings. The number of hydrogen-bond donors (Lipinski definition) is 0. The monoisotopic (exact) mass is 336 g/mol. The Morgan fingerprint density at radius 3 is 2.80 bits per heavy atom. The van der Waals surface area contributed by atoms with Crippen LogP contribution in [0.5, 0.6) is 0 Å². The molecule has 2 heterocycles. The fraction of sp³-hybridized carbons (Fsp3) is 0.524. The lowest BCUT2D eigenvalue weighted by Crippen LogP contribution is -2.35.